The number of nitrogens with zero attached hydrogens (tertiary/aromatic N) is 1. The number of amides is 1. The number of aryl methyl sites for hydroxylation is 1. The molecular formula is C20H21NO3S. The molecule has 0 spiro atoms. The van der Waals surface area contributed by atoms with Crippen LogP contribution in [0, 0.1) is 6.92 Å². The maximum atomic E-state index is 13.0. The first-order valence-electron chi connectivity index (χ1n) is 8.43. The van der Waals surface area contributed by atoms with E-state index in [0.29, 0.717) is 11.4 Å². The third kappa shape index (κ3) is 3.24. The summed E-state index contributed by atoms with van der Waals surface area (Å²) >= 11 is 1.32. The molecule has 25 heavy (non-hydrogen) atoms. The van der Waals surface area contributed by atoms with Gasteiger partial charge in [0, 0.05) is 6.54 Å². The number of hydrogen-bond donors (Lipinski definition) is 1. The lowest BCUT2D eigenvalue weighted by Crippen LogP contribution is -2.32. The zero-order valence-electron chi connectivity index (χ0n) is 14.4. The molecular weight excluding hydrogens is 334 g/mol. The largest absolute Gasteiger partial charge is 0.503 e. The van der Waals surface area contributed by atoms with Crippen molar-refractivity contribution in [2.24, 2.45) is 0 Å². The van der Waals surface area contributed by atoms with Gasteiger partial charge < -0.3 is 10.0 Å². The van der Waals surface area contributed by atoms with Gasteiger partial charge in [0.15, 0.2) is 5.76 Å². The van der Waals surface area contributed by atoms with E-state index in [0.717, 1.165) is 24.0 Å². The van der Waals surface area contributed by atoms with E-state index in [-0.39, 0.29) is 11.4 Å². The number of Topliss-reactive ketones (excluding diaryl/α,β-unsaturated/α-hetero) is 1. The van der Waals surface area contributed by atoms with Crippen molar-refractivity contribution >= 4 is 23.0 Å². The highest BCUT2D eigenvalue weighted by Gasteiger charge is 2.43. The Morgan fingerprint density at radius 3 is 2.72 bits per heavy atom. The van der Waals surface area contributed by atoms with Crippen LogP contribution in [0.25, 0.3) is 0 Å². The van der Waals surface area contributed by atoms with Crippen LogP contribution < -0.4 is 0 Å². The van der Waals surface area contributed by atoms with Gasteiger partial charge in [-0.1, -0.05) is 49.2 Å². The van der Waals surface area contributed by atoms with E-state index in [4.69, 9.17) is 0 Å². The van der Waals surface area contributed by atoms with Crippen molar-refractivity contribution in [2.75, 3.05) is 6.54 Å². The monoisotopic (exact) mass is 355 g/mol. The van der Waals surface area contributed by atoms with E-state index in [1.165, 1.54) is 11.3 Å². The van der Waals surface area contributed by atoms with E-state index in [2.05, 4.69) is 0 Å². The Kier molecular flexibility index (Phi) is 5.04. The molecule has 3 rings (SSSR count). The van der Waals surface area contributed by atoms with Gasteiger partial charge in [0.2, 0.25) is 5.78 Å². The smallest absolute Gasteiger partial charge is 0.290 e. The summed E-state index contributed by atoms with van der Waals surface area (Å²) in [6, 6.07) is 10.7. The van der Waals surface area contributed by atoms with Gasteiger partial charge in [0.1, 0.15) is 0 Å². The predicted octanol–water partition coefficient (Wildman–Crippen LogP) is 4.43. The second-order valence-electron chi connectivity index (χ2n) is 6.24. The third-order valence-corrected chi connectivity index (χ3v) is 5.27. The lowest BCUT2D eigenvalue weighted by molar-refractivity contribution is -0.129. The van der Waals surface area contributed by atoms with Crippen LogP contribution in [0.4, 0.5) is 0 Å². The third-order valence-electron chi connectivity index (χ3n) is 4.40. The number of hydrogen-bond acceptors (Lipinski definition) is 4. The molecule has 2 heterocycles. The number of carbonyl (C=O) groups excluding carboxylic acids is 2. The van der Waals surface area contributed by atoms with Gasteiger partial charge in [-0.05, 0) is 30.4 Å². The highest BCUT2D eigenvalue weighted by Crippen LogP contribution is 2.39. The van der Waals surface area contributed by atoms with E-state index >= 15 is 0 Å². The summed E-state index contributed by atoms with van der Waals surface area (Å²) in [7, 11) is 0. The SMILES string of the molecule is CCCCN1C(=O)C(O)=C(C(=O)c2cccs2)C1c1cccc(C)c1. The molecule has 1 amide bonds. The van der Waals surface area contributed by atoms with Crippen molar-refractivity contribution in [1.82, 2.24) is 4.90 Å². The maximum Gasteiger partial charge on any atom is 0.290 e. The number of ketones is 1. The summed E-state index contributed by atoms with van der Waals surface area (Å²) in [5, 5.41) is 12.3. The Balaban J connectivity index is 2.08. The highest BCUT2D eigenvalue weighted by atomic mass is 32.1. The minimum Gasteiger partial charge on any atom is -0.503 e. The van der Waals surface area contributed by atoms with Gasteiger partial charge in [-0.3, -0.25) is 9.59 Å². The number of carbonyl (C=O) groups is 2. The molecule has 0 fully saturated rings. The Morgan fingerprint density at radius 1 is 1.28 bits per heavy atom. The summed E-state index contributed by atoms with van der Waals surface area (Å²) < 4.78 is 0. The number of unbranched alkanes of at least 4 members (excludes halogenated alkanes) is 1. The van der Waals surface area contributed by atoms with Crippen LogP contribution in [0.5, 0.6) is 0 Å². The number of aliphatic hydroxyl groups is 1. The fraction of sp³-hybridized carbons (Fsp3) is 0.300. The number of thiophene rings is 1. The number of rotatable bonds is 6. The quantitative estimate of drug-likeness (QED) is 0.780. The second kappa shape index (κ2) is 7.23. The fourth-order valence-electron chi connectivity index (χ4n) is 3.17. The number of benzene rings is 1. The second-order valence-corrected chi connectivity index (χ2v) is 7.19. The van der Waals surface area contributed by atoms with Crippen LogP contribution in [-0.4, -0.2) is 28.2 Å². The van der Waals surface area contributed by atoms with Gasteiger partial charge in [0.05, 0.1) is 16.5 Å². The Morgan fingerprint density at radius 2 is 2.08 bits per heavy atom. The van der Waals surface area contributed by atoms with E-state index in [1.54, 1.807) is 17.0 Å². The molecule has 1 aliphatic rings. The number of aliphatic hydroxyl groups excluding tert-OH is 1. The molecule has 0 bridgehead atoms. The topological polar surface area (TPSA) is 57.6 Å². The summed E-state index contributed by atoms with van der Waals surface area (Å²) in [5.74, 6) is -1.15. The van der Waals surface area contributed by atoms with Crippen molar-refractivity contribution in [3.63, 3.8) is 0 Å². The van der Waals surface area contributed by atoms with Crippen molar-refractivity contribution in [1.29, 1.82) is 0 Å². The van der Waals surface area contributed by atoms with E-state index in [1.807, 2.05) is 43.5 Å². The van der Waals surface area contributed by atoms with Gasteiger partial charge in [-0.2, -0.15) is 0 Å². The molecule has 0 radical (unpaired) electrons. The summed E-state index contributed by atoms with van der Waals surface area (Å²) in [6.45, 7) is 4.54. The molecule has 2 aromatic rings. The van der Waals surface area contributed by atoms with Crippen molar-refractivity contribution in [3.8, 4) is 0 Å². The van der Waals surface area contributed by atoms with Crippen LogP contribution in [0.3, 0.4) is 0 Å². The van der Waals surface area contributed by atoms with Gasteiger partial charge >= 0.3 is 0 Å². The van der Waals surface area contributed by atoms with Gasteiger partial charge in [-0.25, -0.2) is 0 Å². The first-order valence-corrected chi connectivity index (χ1v) is 9.31. The molecule has 1 atom stereocenters. The molecule has 4 nitrogen and oxygen atoms in total. The summed E-state index contributed by atoms with van der Waals surface area (Å²) in [4.78, 5) is 27.8. The summed E-state index contributed by atoms with van der Waals surface area (Å²) in [6.07, 6.45) is 1.75. The van der Waals surface area contributed by atoms with Crippen molar-refractivity contribution < 1.29 is 14.7 Å². The fourth-order valence-corrected chi connectivity index (χ4v) is 3.85. The van der Waals surface area contributed by atoms with Crippen molar-refractivity contribution in [3.05, 3.63) is 69.1 Å². The lowest BCUT2D eigenvalue weighted by Gasteiger charge is -2.27. The maximum absolute atomic E-state index is 13.0. The van der Waals surface area contributed by atoms with Crippen LogP contribution in [0.2, 0.25) is 0 Å². The van der Waals surface area contributed by atoms with Crippen LogP contribution in [0.15, 0.2) is 53.1 Å². The zero-order chi connectivity index (χ0) is 18.0. The van der Waals surface area contributed by atoms with Gasteiger partial charge in [-0.15, -0.1) is 11.3 Å². The Labute approximate surface area is 151 Å². The minimum atomic E-state index is -0.534. The molecule has 1 unspecified atom stereocenters. The van der Waals surface area contributed by atoms with Crippen molar-refractivity contribution in [2.45, 2.75) is 32.7 Å². The average molecular weight is 355 g/mol. The first-order chi connectivity index (χ1) is 12.0. The molecule has 1 aliphatic heterocycles. The Hall–Kier alpha value is -2.40. The summed E-state index contributed by atoms with van der Waals surface area (Å²) in [5.41, 5.74) is 2.09. The van der Waals surface area contributed by atoms with Gasteiger partial charge in [0.25, 0.3) is 5.91 Å². The van der Waals surface area contributed by atoms with E-state index in [9.17, 15) is 14.7 Å². The Bertz CT molecular complexity index is 823. The molecule has 0 saturated heterocycles. The van der Waals surface area contributed by atoms with Crippen LogP contribution in [-0.2, 0) is 4.79 Å². The molecule has 1 N–H and O–H groups in total. The minimum absolute atomic E-state index is 0.189. The molecule has 0 saturated carbocycles. The lowest BCUT2D eigenvalue weighted by atomic mass is 9.94. The first kappa shape index (κ1) is 17.4. The normalized spacial score (nSPS) is 17.4. The molecule has 5 heteroatoms. The van der Waals surface area contributed by atoms with Crippen LogP contribution >= 0.6 is 11.3 Å². The van der Waals surface area contributed by atoms with E-state index < -0.39 is 17.7 Å². The molecule has 0 aliphatic carbocycles. The molecule has 1 aromatic carbocycles. The zero-order valence-corrected chi connectivity index (χ0v) is 15.2. The highest BCUT2D eigenvalue weighted by molar-refractivity contribution is 7.12. The average Bonchev–Trinajstić information content (AvgIpc) is 3.21. The molecule has 130 valence electrons. The predicted molar refractivity (Wildman–Crippen MR) is 98.8 cm³/mol. The van der Waals surface area contributed by atoms with Crippen LogP contribution in [0.1, 0.15) is 46.6 Å². The molecule has 1 aromatic heterocycles. The standard InChI is InChI=1S/C20H21NO3S/c1-3-4-10-21-17(14-8-5-7-13(2)12-14)16(19(23)20(21)24)18(22)15-9-6-11-25-15/h5-9,11-12,17,23H,3-4,10H2,1-2H3.